The smallest absolute Gasteiger partial charge is 0.330 e. The number of carbonyl (C=O) groups excluding carboxylic acids is 3. The lowest BCUT2D eigenvalue weighted by Crippen LogP contribution is -2.64. The van der Waals surface area contributed by atoms with Crippen molar-refractivity contribution in [3.05, 3.63) is 93.3 Å². The van der Waals surface area contributed by atoms with Gasteiger partial charge in [0.1, 0.15) is 66.9 Å². The van der Waals surface area contributed by atoms with Crippen LogP contribution in [0.3, 0.4) is 0 Å². The number of nitrogens with one attached hydrogen (secondary N) is 7. The molecular weight excluding hydrogens is 1030 g/mol. The van der Waals surface area contributed by atoms with Crippen LogP contribution in [0.15, 0.2) is 81.4 Å². The van der Waals surface area contributed by atoms with Gasteiger partial charge in [0.25, 0.3) is 5.56 Å². The van der Waals surface area contributed by atoms with E-state index < -0.39 is 132 Å². The third kappa shape index (κ3) is 16.9. The van der Waals surface area contributed by atoms with E-state index in [0.717, 1.165) is 53.6 Å². The van der Waals surface area contributed by atoms with E-state index in [1.807, 2.05) is 23.2 Å². The van der Waals surface area contributed by atoms with E-state index in [-0.39, 0.29) is 51.4 Å². The molecule has 434 valence electrons. The SMILES string of the molecule is CC(C)[C@H](NC(=O)N[C@H](C(=O)N[C@@H](CCCCCCCc1ccc(-c2ccccc2)cc1)C(=O)NCCCN[C@H](C(=O)O)[C@H](O[C@@H]1O[C@H](CN)[C@@H](O)[C@H]1O)[C@H]1O[C@@H](n2ccc(=O)[nH]c2=O)[C@H](O)[C@@H]1O)[C@@H]1CCN=C(N)N1)C(=O)O. The number of carboxylic acids is 2. The predicted octanol–water partition coefficient (Wildman–Crippen LogP) is -2.32. The van der Waals surface area contributed by atoms with Crippen molar-refractivity contribution in [3.8, 4) is 11.1 Å². The van der Waals surface area contributed by atoms with Gasteiger partial charge in [0.15, 0.2) is 18.5 Å². The van der Waals surface area contributed by atoms with Crippen molar-refractivity contribution >= 4 is 35.7 Å². The van der Waals surface area contributed by atoms with Gasteiger partial charge in [-0.1, -0.05) is 94.1 Å². The molecule has 4 heterocycles. The molecule has 17 N–H and O–H groups in total. The molecule has 3 aromatic rings. The highest BCUT2D eigenvalue weighted by Crippen LogP contribution is 2.34. The second kappa shape index (κ2) is 29.4. The summed E-state index contributed by atoms with van der Waals surface area (Å²) < 4.78 is 18.1. The van der Waals surface area contributed by atoms with E-state index in [9.17, 15) is 64.2 Å². The average molecular weight is 1110 g/mol. The molecule has 4 amide bonds. The van der Waals surface area contributed by atoms with E-state index >= 15 is 0 Å². The van der Waals surface area contributed by atoms with Crippen LogP contribution in [0.5, 0.6) is 0 Å². The van der Waals surface area contributed by atoms with E-state index in [1.54, 1.807) is 13.8 Å². The zero-order valence-electron chi connectivity index (χ0n) is 44.0. The number of aromatic nitrogens is 2. The Balaban J connectivity index is 1.12. The molecule has 2 fully saturated rings. The van der Waals surface area contributed by atoms with Gasteiger partial charge in [0.2, 0.25) is 11.8 Å². The minimum atomic E-state index is -1.94. The molecule has 3 aliphatic rings. The molecule has 2 aromatic carbocycles. The highest BCUT2D eigenvalue weighted by molar-refractivity contribution is 5.93. The Bertz CT molecular complexity index is 2640. The Labute approximate surface area is 454 Å². The summed E-state index contributed by atoms with van der Waals surface area (Å²) in [4.78, 5) is 97.1. The first-order valence-corrected chi connectivity index (χ1v) is 26.5. The second-order valence-electron chi connectivity index (χ2n) is 20.2. The number of aromatic amines is 1. The number of ether oxygens (including phenoxy) is 3. The maximum atomic E-state index is 14.3. The number of hydrogen-bond donors (Lipinski definition) is 15. The van der Waals surface area contributed by atoms with E-state index in [0.29, 0.717) is 12.8 Å². The molecule has 0 saturated carbocycles. The van der Waals surface area contributed by atoms with Crippen molar-refractivity contribution in [1.29, 1.82) is 0 Å². The van der Waals surface area contributed by atoms with Gasteiger partial charge in [-0.05, 0) is 61.3 Å². The molecular formula is C52H75N11O16. The van der Waals surface area contributed by atoms with Gasteiger partial charge in [0.05, 0.1) is 6.04 Å². The number of carbonyl (C=O) groups is 5. The number of H-pyrrole nitrogens is 1. The Morgan fingerprint density at radius 2 is 1.47 bits per heavy atom. The minimum absolute atomic E-state index is 0.0110. The van der Waals surface area contributed by atoms with Crippen LogP contribution in [0.1, 0.15) is 77.0 Å². The highest BCUT2D eigenvalue weighted by atomic mass is 16.7. The molecule has 0 radical (unpaired) electrons. The van der Waals surface area contributed by atoms with Crippen molar-refractivity contribution in [2.45, 2.75) is 157 Å². The summed E-state index contributed by atoms with van der Waals surface area (Å²) in [5, 5.41) is 80.1. The zero-order valence-corrected chi connectivity index (χ0v) is 44.0. The first kappa shape index (κ1) is 61.4. The number of aliphatic imine (C=N–C) groups is 1. The number of rotatable bonds is 29. The number of nitrogens with two attached hydrogens (primary N) is 2. The molecule has 14 atom stereocenters. The highest BCUT2D eigenvalue weighted by Gasteiger charge is 2.54. The normalized spacial score (nSPS) is 24.8. The third-order valence-electron chi connectivity index (χ3n) is 14.1. The van der Waals surface area contributed by atoms with Crippen molar-refractivity contribution in [2.24, 2.45) is 22.4 Å². The average Bonchev–Trinajstić information content (AvgIpc) is 3.93. The Kier molecular flexibility index (Phi) is 22.9. The van der Waals surface area contributed by atoms with Gasteiger partial charge >= 0.3 is 23.7 Å². The molecule has 0 unspecified atom stereocenters. The number of aryl methyl sites for hydroxylation is 1. The van der Waals surface area contributed by atoms with E-state index in [4.69, 9.17) is 25.7 Å². The molecule has 79 heavy (non-hydrogen) atoms. The van der Waals surface area contributed by atoms with E-state index in [1.165, 1.54) is 5.56 Å². The molecule has 1 aromatic heterocycles. The summed E-state index contributed by atoms with van der Waals surface area (Å²) in [6.07, 6.45) is -9.07. The number of amides is 4. The number of hydrogen-bond acceptors (Lipinski definition) is 19. The molecule has 0 spiro atoms. The monoisotopic (exact) mass is 1110 g/mol. The van der Waals surface area contributed by atoms with Gasteiger partial charge in [0, 0.05) is 31.9 Å². The number of carboxylic acid groups (broad SMARTS) is 2. The quantitative estimate of drug-likeness (QED) is 0.0325. The van der Waals surface area contributed by atoms with Crippen molar-refractivity contribution in [3.63, 3.8) is 0 Å². The third-order valence-corrected chi connectivity index (χ3v) is 14.1. The molecule has 6 rings (SSSR count). The van der Waals surface area contributed by atoms with Crippen LogP contribution >= 0.6 is 0 Å². The van der Waals surface area contributed by atoms with Gasteiger partial charge in [-0.3, -0.25) is 33.7 Å². The molecule has 2 saturated heterocycles. The second-order valence-corrected chi connectivity index (χ2v) is 20.2. The topological polar surface area (TPSA) is 426 Å². The van der Waals surface area contributed by atoms with Crippen LogP contribution in [0.4, 0.5) is 4.79 Å². The summed E-state index contributed by atoms with van der Waals surface area (Å²) >= 11 is 0. The van der Waals surface area contributed by atoms with Crippen LogP contribution in [0.25, 0.3) is 11.1 Å². The molecule has 0 aliphatic carbocycles. The number of aliphatic hydroxyl groups is 4. The number of unbranched alkanes of at least 4 members (excludes halogenated alkanes) is 4. The first-order valence-electron chi connectivity index (χ1n) is 26.5. The number of guanidine groups is 1. The number of urea groups is 1. The van der Waals surface area contributed by atoms with Crippen LogP contribution in [0.2, 0.25) is 0 Å². The lowest BCUT2D eigenvalue weighted by molar-refractivity contribution is -0.228. The molecule has 27 nitrogen and oxygen atoms in total. The fourth-order valence-corrected chi connectivity index (χ4v) is 9.66. The lowest BCUT2D eigenvalue weighted by Gasteiger charge is -2.33. The van der Waals surface area contributed by atoms with Crippen LogP contribution in [-0.4, -0.2) is 181 Å². The largest absolute Gasteiger partial charge is 0.480 e. The fourth-order valence-electron chi connectivity index (χ4n) is 9.66. The van der Waals surface area contributed by atoms with Crippen molar-refractivity contribution in [1.82, 2.24) is 41.5 Å². The fraction of sp³-hybridized carbons (Fsp3) is 0.577. The van der Waals surface area contributed by atoms with Crippen molar-refractivity contribution in [2.75, 3.05) is 26.2 Å². The maximum Gasteiger partial charge on any atom is 0.330 e. The summed E-state index contributed by atoms with van der Waals surface area (Å²) in [5.41, 5.74) is 13.3. The summed E-state index contributed by atoms with van der Waals surface area (Å²) in [6.45, 7) is 2.88. The first-order chi connectivity index (χ1) is 37.8. The summed E-state index contributed by atoms with van der Waals surface area (Å²) in [7, 11) is 0. The number of nitrogens with zero attached hydrogens (tertiary/aromatic N) is 2. The Hall–Kier alpha value is -6.82. The maximum absolute atomic E-state index is 14.3. The Morgan fingerprint density at radius 3 is 2.11 bits per heavy atom. The molecule has 3 aliphatic heterocycles. The van der Waals surface area contributed by atoms with Crippen LogP contribution < -0.4 is 54.6 Å². The summed E-state index contributed by atoms with van der Waals surface area (Å²) in [5.74, 6) is -4.75. The molecule has 27 heteroatoms. The Morgan fingerprint density at radius 1 is 0.785 bits per heavy atom. The zero-order chi connectivity index (χ0) is 57.3. The molecule has 0 bridgehead atoms. The van der Waals surface area contributed by atoms with Crippen molar-refractivity contribution < 1.29 is 68.8 Å². The van der Waals surface area contributed by atoms with Gasteiger partial charge in [-0.2, -0.15) is 0 Å². The van der Waals surface area contributed by atoms with E-state index in [2.05, 4.69) is 73.3 Å². The standard InChI is InChI=1S/C52H75N11O16/c1-27(2)35(47(71)72)61-51(75)62-36(31-20-24-57-50(54)59-31)45(70)58-32(15-10-5-3-4-7-12-28-16-18-30(19-17-28)29-13-8-6-9-14-29)44(69)56-23-11-22-55-37(48(73)74)42(79-49-41(68)38(65)33(26-53)77-49)43-39(66)40(67)46(78-43)63-25-21-34(64)60-52(63)76/h6,8-9,13-14,16-19,21,25,27,31-33,35-43,46,49,55,65-68H,3-5,7,10-12,15,20,22-24,26,53H2,1-2H3,(H,56,69)(H,58,70)(H,71,72)(H,73,74)(H3,54,57,59)(H,60,64,76)(H2,61,62,75)/t31-,32-,33+,35-,36-,37-,38+,39-,40+,41+,42-,43-,46+,49-/m0/s1. The number of aliphatic carboxylic acids is 2. The number of benzene rings is 2. The predicted molar refractivity (Wildman–Crippen MR) is 284 cm³/mol. The van der Waals surface area contributed by atoms with Crippen LogP contribution in [-0.2, 0) is 39.8 Å². The van der Waals surface area contributed by atoms with Gasteiger partial charge < -0.3 is 88.2 Å². The summed E-state index contributed by atoms with van der Waals surface area (Å²) in [6, 6.07) is 12.1. The lowest BCUT2D eigenvalue weighted by atomic mass is 9.98. The van der Waals surface area contributed by atoms with Crippen LogP contribution in [0, 0.1) is 5.92 Å². The number of aliphatic hydroxyl groups excluding tert-OH is 4. The van der Waals surface area contributed by atoms with Gasteiger partial charge in [-0.25, -0.2) is 14.4 Å². The van der Waals surface area contributed by atoms with Gasteiger partial charge in [-0.15, -0.1) is 0 Å². The minimum Gasteiger partial charge on any atom is -0.480 e.